The summed E-state index contributed by atoms with van der Waals surface area (Å²) in [5.41, 5.74) is 5.99. The number of nitrogen functional groups attached to an aromatic ring is 1. The van der Waals surface area contributed by atoms with Crippen molar-refractivity contribution in [1.82, 2.24) is 9.97 Å². The monoisotopic (exact) mass is 268 g/mol. The highest BCUT2D eigenvalue weighted by molar-refractivity contribution is 6.32. The first-order valence-electron chi connectivity index (χ1n) is 4.98. The average molecular weight is 269 g/mol. The Labute approximate surface area is 108 Å². The zero-order valence-electron chi connectivity index (χ0n) is 9.45. The SMILES string of the molecule is COc1cc(F)ccc1Nc1nc(N)ncc1Cl. The molecule has 0 unspecified atom stereocenters. The fourth-order valence-electron chi connectivity index (χ4n) is 1.36. The Bertz CT molecular complexity index is 579. The Morgan fingerprint density at radius 3 is 2.94 bits per heavy atom. The first kappa shape index (κ1) is 12.4. The van der Waals surface area contributed by atoms with E-state index in [1.54, 1.807) is 0 Å². The van der Waals surface area contributed by atoms with Gasteiger partial charge in [-0.1, -0.05) is 11.6 Å². The van der Waals surface area contributed by atoms with Crippen LogP contribution in [0, 0.1) is 5.82 Å². The molecule has 5 nitrogen and oxygen atoms in total. The van der Waals surface area contributed by atoms with Crippen LogP contribution in [0.4, 0.5) is 21.8 Å². The number of hydrogen-bond acceptors (Lipinski definition) is 5. The molecule has 0 aliphatic rings. The molecule has 94 valence electrons. The van der Waals surface area contributed by atoms with Crippen molar-refractivity contribution in [2.45, 2.75) is 0 Å². The van der Waals surface area contributed by atoms with E-state index in [1.807, 2.05) is 0 Å². The van der Waals surface area contributed by atoms with Gasteiger partial charge >= 0.3 is 0 Å². The number of hydrogen-bond donors (Lipinski definition) is 2. The highest BCUT2D eigenvalue weighted by Crippen LogP contribution is 2.30. The van der Waals surface area contributed by atoms with E-state index in [0.717, 1.165) is 0 Å². The van der Waals surface area contributed by atoms with Crippen LogP contribution in [0.15, 0.2) is 24.4 Å². The van der Waals surface area contributed by atoms with Crippen molar-refractivity contribution in [3.63, 3.8) is 0 Å². The lowest BCUT2D eigenvalue weighted by Gasteiger charge is -2.11. The Morgan fingerprint density at radius 2 is 2.22 bits per heavy atom. The number of aromatic nitrogens is 2. The normalized spacial score (nSPS) is 10.2. The van der Waals surface area contributed by atoms with Crippen LogP contribution >= 0.6 is 11.6 Å². The third kappa shape index (κ3) is 2.60. The molecule has 0 amide bonds. The van der Waals surface area contributed by atoms with Gasteiger partial charge in [0.1, 0.15) is 16.6 Å². The number of methoxy groups -OCH3 is 1. The molecule has 0 saturated heterocycles. The minimum Gasteiger partial charge on any atom is -0.494 e. The van der Waals surface area contributed by atoms with E-state index < -0.39 is 5.82 Å². The Morgan fingerprint density at radius 1 is 1.44 bits per heavy atom. The van der Waals surface area contributed by atoms with E-state index in [0.29, 0.717) is 22.3 Å². The quantitative estimate of drug-likeness (QED) is 0.895. The van der Waals surface area contributed by atoms with Crippen molar-refractivity contribution >= 4 is 29.1 Å². The summed E-state index contributed by atoms with van der Waals surface area (Å²) in [6.45, 7) is 0. The minimum absolute atomic E-state index is 0.0861. The van der Waals surface area contributed by atoms with Crippen LogP contribution < -0.4 is 15.8 Å². The summed E-state index contributed by atoms with van der Waals surface area (Å²) in [5.74, 6) is 0.353. The molecule has 1 aromatic carbocycles. The molecule has 7 heteroatoms. The second kappa shape index (κ2) is 5.05. The lowest BCUT2D eigenvalue weighted by atomic mass is 10.3. The van der Waals surface area contributed by atoms with Gasteiger partial charge in [0.15, 0.2) is 5.82 Å². The Balaban J connectivity index is 2.36. The maximum absolute atomic E-state index is 13.0. The number of nitrogens with one attached hydrogen (secondary N) is 1. The van der Waals surface area contributed by atoms with Gasteiger partial charge in [0.2, 0.25) is 5.95 Å². The van der Waals surface area contributed by atoms with Crippen LogP contribution in [-0.4, -0.2) is 17.1 Å². The smallest absolute Gasteiger partial charge is 0.222 e. The summed E-state index contributed by atoms with van der Waals surface area (Å²) >= 11 is 5.91. The molecule has 2 rings (SSSR count). The maximum Gasteiger partial charge on any atom is 0.222 e. The molecule has 0 saturated carbocycles. The maximum atomic E-state index is 13.0. The number of nitrogens with two attached hydrogens (primary N) is 1. The Kier molecular flexibility index (Phi) is 3.47. The molecule has 2 aromatic rings. The predicted molar refractivity (Wildman–Crippen MR) is 67.7 cm³/mol. The minimum atomic E-state index is -0.398. The largest absolute Gasteiger partial charge is 0.494 e. The lowest BCUT2D eigenvalue weighted by Crippen LogP contribution is -2.01. The molecule has 0 aliphatic carbocycles. The highest BCUT2D eigenvalue weighted by atomic mass is 35.5. The highest BCUT2D eigenvalue weighted by Gasteiger charge is 2.09. The van der Waals surface area contributed by atoms with Crippen LogP contribution in [-0.2, 0) is 0 Å². The van der Waals surface area contributed by atoms with Crippen molar-refractivity contribution in [3.05, 3.63) is 35.2 Å². The van der Waals surface area contributed by atoms with Gasteiger partial charge in [-0.3, -0.25) is 0 Å². The van der Waals surface area contributed by atoms with E-state index in [-0.39, 0.29) is 5.95 Å². The summed E-state index contributed by atoms with van der Waals surface area (Å²) in [6.07, 6.45) is 1.38. The summed E-state index contributed by atoms with van der Waals surface area (Å²) in [5, 5.41) is 3.21. The molecule has 0 spiro atoms. The molecule has 18 heavy (non-hydrogen) atoms. The zero-order chi connectivity index (χ0) is 13.1. The average Bonchev–Trinajstić information content (AvgIpc) is 2.36. The lowest BCUT2D eigenvalue weighted by molar-refractivity contribution is 0.413. The number of anilines is 3. The van der Waals surface area contributed by atoms with Gasteiger partial charge in [-0.15, -0.1) is 0 Å². The number of halogens is 2. The topological polar surface area (TPSA) is 73.1 Å². The predicted octanol–water partition coefficient (Wildman–Crippen LogP) is 2.60. The zero-order valence-corrected chi connectivity index (χ0v) is 10.2. The van der Waals surface area contributed by atoms with E-state index in [1.165, 1.54) is 31.5 Å². The van der Waals surface area contributed by atoms with E-state index in [2.05, 4.69) is 15.3 Å². The van der Waals surface area contributed by atoms with Crippen molar-refractivity contribution in [3.8, 4) is 5.75 Å². The second-order valence-electron chi connectivity index (χ2n) is 3.39. The molecule has 0 radical (unpaired) electrons. The number of ether oxygens (including phenoxy) is 1. The third-order valence-electron chi connectivity index (χ3n) is 2.18. The first-order chi connectivity index (χ1) is 8.60. The number of benzene rings is 1. The fraction of sp³-hybridized carbons (Fsp3) is 0.0909. The van der Waals surface area contributed by atoms with Gasteiger partial charge in [-0.2, -0.15) is 4.98 Å². The molecule has 0 bridgehead atoms. The molecular weight excluding hydrogens is 259 g/mol. The van der Waals surface area contributed by atoms with E-state index >= 15 is 0 Å². The van der Waals surface area contributed by atoms with Crippen molar-refractivity contribution in [2.75, 3.05) is 18.2 Å². The van der Waals surface area contributed by atoms with Crippen LogP contribution in [0.3, 0.4) is 0 Å². The van der Waals surface area contributed by atoms with Gasteiger partial charge in [0.05, 0.1) is 19.0 Å². The fourth-order valence-corrected chi connectivity index (χ4v) is 1.50. The van der Waals surface area contributed by atoms with Gasteiger partial charge in [0, 0.05) is 6.07 Å². The van der Waals surface area contributed by atoms with Crippen LogP contribution in [0.25, 0.3) is 0 Å². The van der Waals surface area contributed by atoms with Crippen LogP contribution in [0.1, 0.15) is 0 Å². The molecule has 0 aliphatic heterocycles. The van der Waals surface area contributed by atoms with Gasteiger partial charge in [0.25, 0.3) is 0 Å². The molecular formula is C11H10ClFN4O. The summed E-state index contributed by atoms with van der Waals surface area (Å²) in [6, 6.07) is 4.06. The molecule has 0 atom stereocenters. The standard InChI is InChI=1S/C11H10ClFN4O/c1-18-9-4-6(13)2-3-8(9)16-10-7(12)5-15-11(14)17-10/h2-5H,1H3,(H3,14,15,16,17). The first-order valence-corrected chi connectivity index (χ1v) is 5.36. The van der Waals surface area contributed by atoms with E-state index in [9.17, 15) is 4.39 Å². The van der Waals surface area contributed by atoms with E-state index in [4.69, 9.17) is 22.1 Å². The number of rotatable bonds is 3. The molecule has 1 aromatic heterocycles. The summed E-state index contributed by atoms with van der Waals surface area (Å²) in [4.78, 5) is 7.68. The van der Waals surface area contributed by atoms with Gasteiger partial charge in [-0.05, 0) is 12.1 Å². The molecule has 3 N–H and O–H groups in total. The number of nitrogens with zero attached hydrogens (tertiary/aromatic N) is 2. The van der Waals surface area contributed by atoms with Crippen molar-refractivity contribution < 1.29 is 9.13 Å². The molecule has 0 fully saturated rings. The summed E-state index contributed by atoms with van der Waals surface area (Å²) in [7, 11) is 1.44. The van der Waals surface area contributed by atoms with Crippen molar-refractivity contribution in [2.24, 2.45) is 0 Å². The summed E-state index contributed by atoms with van der Waals surface area (Å²) < 4.78 is 18.1. The second-order valence-corrected chi connectivity index (χ2v) is 3.80. The van der Waals surface area contributed by atoms with Crippen LogP contribution in [0.5, 0.6) is 5.75 Å². The van der Waals surface area contributed by atoms with Crippen molar-refractivity contribution in [1.29, 1.82) is 0 Å². The van der Waals surface area contributed by atoms with Gasteiger partial charge < -0.3 is 15.8 Å². The third-order valence-corrected chi connectivity index (χ3v) is 2.46. The van der Waals surface area contributed by atoms with Gasteiger partial charge in [-0.25, -0.2) is 9.37 Å². The van der Waals surface area contributed by atoms with Crippen LogP contribution in [0.2, 0.25) is 5.02 Å². The molecule has 1 heterocycles. The Hall–Kier alpha value is -2.08.